The van der Waals surface area contributed by atoms with Gasteiger partial charge in [0.1, 0.15) is 5.75 Å². The Kier molecular flexibility index (Phi) is 9.22. The van der Waals surface area contributed by atoms with Crippen LogP contribution in [0.5, 0.6) is 5.75 Å². The molecule has 0 radical (unpaired) electrons. The third-order valence-corrected chi connectivity index (χ3v) is 6.99. The van der Waals surface area contributed by atoms with Crippen molar-refractivity contribution >= 4 is 11.7 Å². The Morgan fingerprint density at radius 2 is 1.62 bits per heavy atom. The molecule has 184 valence electrons. The molecule has 2 aromatic rings. The molecule has 34 heavy (non-hydrogen) atoms. The maximum atomic E-state index is 12.8. The molecule has 0 unspecified atom stereocenters. The molecule has 2 saturated heterocycles. The number of anilines is 1. The Labute approximate surface area is 204 Å². The maximum absolute atomic E-state index is 12.8. The second kappa shape index (κ2) is 12.8. The molecule has 0 aliphatic carbocycles. The molecule has 2 fully saturated rings. The summed E-state index contributed by atoms with van der Waals surface area (Å²) in [7, 11) is 1.66. The third kappa shape index (κ3) is 7.47. The van der Waals surface area contributed by atoms with Crippen molar-refractivity contribution < 1.29 is 14.3 Å². The molecule has 6 nitrogen and oxygen atoms in total. The Bertz CT molecular complexity index is 886. The summed E-state index contributed by atoms with van der Waals surface area (Å²) in [6, 6.07) is 15.8. The maximum Gasteiger partial charge on any atom is 0.321 e. The van der Waals surface area contributed by atoms with Gasteiger partial charge in [-0.05, 0) is 80.1 Å². The molecule has 2 aliphatic heterocycles. The van der Waals surface area contributed by atoms with Crippen LogP contribution in [0.4, 0.5) is 10.5 Å². The van der Waals surface area contributed by atoms with E-state index in [0.717, 1.165) is 48.5 Å². The highest BCUT2D eigenvalue weighted by Gasteiger charge is 2.24. The number of nitrogens with one attached hydrogen (secondary N) is 1. The average Bonchev–Trinajstić information content (AvgIpc) is 3.14. The zero-order valence-corrected chi connectivity index (χ0v) is 20.5. The molecule has 4 rings (SSSR count). The van der Waals surface area contributed by atoms with Gasteiger partial charge in [-0.25, -0.2) is 4.79 Å². The normalized spacial score (nSPS) is 17.9. The second-order valence-electron chi connectivity index (χ2n) is 9.62. The molecule has 6 heteroatoms. The number of benzene rings is 2. The summed E-state index contributed by atoms with van der Waals surface area (Å²) in [6.45, 7) is 6.42. The van der Waals surface area contributed by atoms with Gasteiger partial charge in [-0.1, -0.05) is 37.1 Å². The van der Waals surface area contributed by atoms with Crippen molar-refractivity contribution in [2.24, 2.45) is 5.92 Å². The minimum absolute atomic E-state index is 0.00419. The Hall–Kier alpha value is -2.57. The van der Waals surface area contributed by atoms with Crippen LogP contribution < -0.4 is 10.1 Å². The van der Waals surface area contributed by atoms with Crippen molar-refractivity contribution in [3.63, 3.8) is 0 Å². The highest BCUT2D eigenvalue weighted by Crippen LogP contribution is 2.22. The molecular weight excluding hydrogens is 426 g/mol. The lowest BCUT2D eigenvalue weighted by molar-refractivity contribution is 0.107. The highest BCUT2D eigenvalue weighted by atomic mass is 16.5. The molecule has 1 N–H and O–H groups in total. The summed E-state index contributed by atoms with van der Waals surface area (Å²) in [5, 5.41) is 3.08. The van der Waals surface area contributed by atoms with Crippen LogP contribution in [0.2, 0.25) is 0 Å². The number of likely N-dealkylation sites (tertiary alicyclic amines) is 2. The Balaban J connectivity index is 1.19. The zero-order chi connectivity index (χ0) is 23.6. The van der Waals surface area contributed by atoms with Crippen LogP contribution in [0.3, 0.4) is 0 Å². The van der Waals surface area contributed by atoms with E-state index in [1.807, 2.05) is 53.4 Å². The summed E-state index contributed by atoms with van der Waals surface area (Å²) in [5.41, 5.74) is 2.97. The quantitative estimate of drug-likeness (QED) is 0.557. The first-order valence-corrected chi connectivity index (χ1v) is 12.8. The minimum Gasteiger partial charge on any atom is -0.497 e. The van der Waals surface area contributed by atoms with E-state index in [-0.39, 0.29) is 6.03 Å². The van der Waals surface area contributed by atoms with Gasteiger partial charge in [-0.2, -0.15) is 0 Å². The van der Waals surface area contributed by atoms with Gasteiger partial charge >= 0.3 is 6.03 Å². The Morgan fingerprint density at radius 1 is 0.912 bits per heavy atom. The summed E-state index contributed by atoms with van der Waals surface area (Å²) in [4.78, 5) is 17.4. The van der Waals surface area contributed by atoms with Crippen LogP contribution in [0.1, 0.15) is 49.7 Å². The van der Waals surface area contributed by atoms with Crippen LogP contribution in [0.15, 0.2) is 48.5 Å². The standard InChI is InChI=1S/C28H39N3O3/c1-33-27-11-9-24(10-12-27)21-34-22-25-7-6-8-26(19-25)29-28(32)31-17-13-23(14-18-31)20-30-15-4-2-3-5-16-30/h6-12,19,23H,2-5,13-18,20-22H2,1H3,(H,29,32). The number of hydrogen-bond acceptors (Lipinski definition) is 4. The van der Waals surface area contributed by atoms with Crippen molar-refractivity contribution in [1.29, 1.82) is 0 Å². The number of methoxy groups -OCH3 is 1. The Morgan fingerprint density at radius 3 is 2.32 bits per heavy atom. The molecule has 2 aromatic carbocycles. The van der Waals surface area contributed by atoms with Crippen LogP contribution >= 0.6 is 0 Å². The van der Waals surface area contributed by atoms with Gasteiger partial charge < -0.3 is 24.6 Å². The van der Waals surface area contributed by atoms with E-state index < -0.39 is 0 Å². The summed E-state index contributed by atoms with van der Waals surface area (Å²) in [5.74, 6) is 1.56. The molecule has 2 heterocycles. The van der Waals surface area contributed by atoms with Crippen LogP contribution in [0, 0.1) is 5.92 Å². The largest absolute Gasteiger partial charge is 0.497 e. The molecule has 0 bridgehead atoms. The topological polar surface area (TPSA) is 54.0 Å². The van der Waals surface area contributed by atoms with Crippen molar-refractivity contribution in [3.8, 4) is 5.75 Å². The number of ether oxygens (including phenoxy) is 2. The highest BCUT2D eigenvalue weighted by molar-refractivity contribution is 5.89. The lowest BCUT2D eigenvalue weighted by Crippen LogP contribution is -2.43. The van der Waals surface area contributed by atoms with E-state index in [9.17, 15) is 4.79 Å². The fraction of sp³-hybridized carbons (Fsp3) is 0.536. The first kappa shape index (κ1) is 24.6. The molecule has 2 amide bonds. The lowest BCUT2D eigenvalue weighted by Gasteiger charge is -2.34. The zero-order valence-electron chi connectivity index (χ0n) is 20.5. The molecular formula is C28H39N3O3. The first-order valence-electron chi connectivity index (χ1n) is 12.8. The van der Waals surface area contributed by atoms with Gasteiger partial charge in [0.2, 0.25) is 0 Å². The van der Waals surface area contributed by atoms with Gasteiger partial charge in [0.25, 0.3) is 0 Å². The van der Waals surface area contributed by atoms with Gasteiger partial charge in [-0.15, -0.1) is 0 Å². The van der Waals surface area contributed by atoms with E-state index in [2.05, 4.69) is 10.2 Å². The van der Waals surface area contributed by atoms with Crippen molar-refractivity contribution in [2.45, 2.75) is 51.7 Å². The number of rotatable bonds is 8. The number of nitrogens with zero attached hydrogens (tertiary/aromatic N) is 2. The van der Waals surface area contributed by atoms with Crippen molar-refractivity contribution in [1.82, 2.24) is 9.80 Å². The molecule has 0 atom stereocenters. The lowest BCUT2D eigenvalue weighted by atomic mass is 9.96. The van der Waals surface area contributed by atoms with Crippen LogP contribution in [0.25, 0.3) is 0 Å². The van der Waals surface area contributed by atoms with Crippen molar-refractivity contribution in [3.05, 3.63) is 59.7 Å². The monoisotopic (exact) mass is 465 g/mol. The van der Waals surface area contributed by atoms with Gasteiger partial charge in [0.15, 0.2) is 0 Å². The minimum atomic E-state index is 0.00419. The van der Waals surface area contributed by atoms with E-state index >= 15 is 0 Å². The van der Waals surface area contributed by atoms with E-state index in [0.29, 0.717) is 19.1 Å². The third-order valence-electron chi connectivity index (χ3n) is 6.99. The number of urea groups is 1. The fourth-order valence-electron chi connectivity index (χ4n) is 4.95. The molecule has 2 aliphatic rings. The van der Waals surface area contributed by atoms with E-state index in [1.54, 1.807) is 7.11 Å². The predicted molar refractivity (Wildman–Crippen MR) is 136 cm³/mol. The number of hydrogen-bond donors (Lipinski definition) is 1. The number of carbonyl (C=O) groups is 1. The molecule has 0 aromatic heterocycles. The van der Waals surface area contributed by atoms with E-state index in [1.165, 1.54) is 45.3 Å². The number of amides is 2. The molecule has 0 spiro atoms. The van der Waals surface area contributed by atoms with Gasteiger partial charge in [0.05, 0.1) is 20.3 Å². The summed E-state index contributed by atoms with van der Waals surface area (Å²) < 4.78 is 11.1. The number of carbonyl (C=O) groups excluding carboxylic acids is 1. The smallest absolute Gasteiger partial charge is 0.321 e. The second-order valence-corrected chi connectivity index (χ2v) is 9.62. The predicted octanol–water partition coefficient (Wildman–Crippen LogP) is 5.53. The van der Waals surface area contributed by atoms with Crippen LogP contribution in [-0.4, -0.2) is 55.7 Å². The van der Waals surface area contributed by atoms with E-state index in [4.69, 9.17) is 9.47 Å². The average molecular weight is 466 g/mol. The number of piperidine rings is 1. The molecule has 0 saturated carbocycles. The fourth-order valence-corrected chi connectivity index (χ4v) is 4.95. The summed E-state index contributed by atoms with van der Waals surface area (Å²) >= 11 is 0. The van der Waals surface area contributed by atoms with Crippen LogP contribution in [-0.2, 0) is 18.0 Å². The van der Waals surface area contributed by atoms with Gasteiger partial charge in [0, 0.05) is 25.3 Å². The summed E-state index contributed by atoms with van der Waals surface area (Å²) in [6.07, 6.45) is 7.64. The van der Waals surface area contributed by atoms with Gasteiger partial charge in [-0.3, -0.25) is 0 Å². The first-order chi connectivity index (χ1) is 16.7. The SMILES string of the molecule is COc1ccc(COCc2cccc(NC(=O)N3CCC(CN4CCCCCC4)CC3)c2)cc1. The van der Waals surface area contributed by atoms with Crippen molar-refractivity contribution in [2.75, 3.05) is 45.2 Å².